The first-order valence-corrected chi connectivity index (χ1v) is 8.76. The Morgan fingerprint density at radius 2 is 1.58 bits per heavy atom. The summed E-state index contributed by atoms with van der Waals surface area (Å²) in [4.78, 5) is 22.9. The first kappa shape index (κ1) is 18.0. The summed E-state index contributed by atoms with van der Waals surface area (Å²) in [5.74, 6) is -0.522. The Kier molecular flexibility index (Phi) is 5.26. The number of amides is 1. The zero-order chi connectivity index (χ0) is 17.9. The minimum atomic E-state index is -3.90. The van der Waals surface area contributed by atoms with Gasteiger partial charge in [0.25, 0.3) is 15.9 Å². The third kappa shape index (κ3) is 3.93. The number of nitrogens with one attached hydrogen (secondary N) is 2. The summed E-state index contributed by atoms with van der Waals surface area (Å²) in [5, 5.41) is 2.61. The van der Waals surface area contributed by atoms with Crippen LogP contribution in [0.4, 0.5) is 5.69 Å². The van der Waals surface area contributed by atoms with Crippen LogP contribution >= 0.6 is 11.6 Å². The first-order valence-electron chi connectivity index (χ1n) is 6.90. The molecule has 0 unspecified atom stereocenters. The largest absolute Gasteiger partial charge is 0.355 e. The van der Waals surface area contributed by atoms with Crippen LogP contribution in [0.2, 0.25) is 5.02 Å². The predicted octanol–water partition coefficient (Wildman–Crippen LogP) is 2.70. The van der Waals surface area contributed by atoms with Gasteiger partial charge in [0.2, 0.25) is 0 Å². The summed E-state index contributed by atoms with van der Waals surface area (Å²) in [6.45, 7) is 1.39. The highest BCUT2D eigenvalue weighted by Crippen LogP contribution is 2.26. The molecule has 0 fully saturated rings. The second-order valence-corrected chi connectivity index (χ2v) is 7.05. The van der Waals surface area contributed by atoms with Gasteiger partial charge in [0.15, 0.2) is 5.78 Å². The highest BCUT2D eigenvalue weighted by atomic mass is 35.5. The number of hydrogen-bond acceptors (Lipinski definition) is 4. The molecule has 0 radical (unpaired) electrons. The fraction of sp³-hybridized carbons (Fsp3) is 0.125. The van der Waals surface area contributed by atoms with Crippen molar-refractivity contribution in [2.45, 2.75) is 11.8 Å². The van der Waals surface area contributed by atoms with Crippen LogP contribution < -0.4 is 10.0 Å². The SMILES string of the molecule is CNC(=O)c1ccc(Cl)c(NS(=O)(=O)c2ccc(C(C)=O)cc2)c1. The monoisotopic (exact) mass is 366 g/mol. The van der Waals surface area contributed by atoms with Crippen molar-refractivity contribution in [2.75, 3.05) is 11.8 Å². The zero-order valence-corrected chi connectivity index (χ0v) is 14.5. The van der Waals surface area contributed by atoms with Crippen molar-refractivity contribution < 1.29 is 18.0 Å². The Balaban J connectivity index is 2.35. The Labute approximate surface area is 144 Å². The highest BCUT2D eigenvalue weighted by Gasteiger charge is 2.17. The van der Waals surface area contributed by atoms with Gasteiger partial charge in [-0.1, -0.05) is 23.7 Å². The molecule has 0 heterocycles. The highest BCUT2D eigenvalue weighted by molar-refractivity contribution is 7.92. The van der Waals surface area contributed by atoms with E-state index < -0.39 is 10.0 Å². The van der Waals surface area contributed by atoms with Crippen molar-refractivity contribution in [3.05, 3.63) is 58.6 Å². The molecule has 0 aliphatic heterocycles. The summed E-state index contributed by atoms with van der Waals surface area (Å²) in [6, 6.07) is 9.79. The zero-order valence-electron chi connectivity index (χ0n) is 13.0. The van der Waals surface area contributed by atoms with Gasteiger partial charge in [-0.15, -0.1) is 0 Å². The van der Waals surface area contributed by atoms with Crippen LogP contribution in [0, 0.1) is 0 Å². The molecule has 24 heavy (non-hydrogen) atoms. The smallest absolute Gasteiger partial charge is 0.261 e. The van der Waals surface area contributed by atoms with Crippen LogP contribution in [0.25, 0.3) is 0 Å². The molecule has 126 valence electrons. The van der Waals surface area contributed by atoms with E-state index in [9.17, 15) is 18.0 Å². The second kappa shape index (κ2) is 7.02. The average Bonchev–Trinajstić information content (AvgIpc) is 2.56. The first-order chi connectivity index (χ1) is 11.2. The number of carbonyl (C=O) groups is 2. The summed E-state index contributed by atoms with van der Waals surface area (Å²) >= 11 is 6.00. The molecule has 0 spiro atoms. The maximum atomic E-state index is 12.4. The maximum Gasteiger partial charge on any atom is 0.261 e. The Bertz CT molecular complexity index is 893. The number of Topliss-reactive ketones (excluding diaryl/α,β-unsaturated/α-hetero) is 1. The van der Waals surface area contributed by atoms with Crippen LogP contribution in [-0.2, 0) is 10.0 Å². The Hall–Kier alpha value is -2.38. The van der Waals surface area contributed by atoms with Crippen LogP contribution in [0.3, 0.4) is 0 Å². The lowest BCUT2D eigenvalue weighted by molar-refractivity contribution is 0.0962. The van der Waals surface area contributed by atoms with E-state index in [4.69, 9.17) is 11.6 Å². The predicted molar refractivity (Wildman–Crippen MR) is 92.1 cm³/mol. The third-order valence-corrected chi connectivity index (χ3v) is 4.98. The van der Waals surface area contributed by atoms with Crippen LogP contribution in [0.15, 0.2) is 47.4 Å². The van der Waals surface area contributed by atoms with Gasteiger partial charge >= 0.3 is 0 Å². The molecule has 2 aromatic rings. The number of halogens is 1. The van der Waals surface area contributed by atoms with Crippen molar-refractivity contribution in [1.82, 2.24) is 5.32 Å². The van der Waals surface area contributed by atoms with E-state index in [2.05, 4.69) is 10.0 Å². The topological polar surface area (TPSA) is 92.3 Å². The standard InChI is InChI=1S/C16H15ClN2O4S/c1-10(20)11-3-6-13(7-4-11)24(22,23)19-15-9-12(16(21)18-2)5-8-14(15)17/h3-9,19H,1-2H3,(H,18,21). The van der Waals surface area contributed by atoms with Gasteiger partial charge in [-0.25, -0.2) is 8.42 Å². The molecule has 8 heteroatoms. The lowest BCUT2D eigenvalue weighted by Gasteiger charge is -2.11. The number of rotatable bonds is 5. The molecule has 6 nitrogen and oxygen atoms in total. The lowest BCUT2D eigenvalue weighted by Crippen LogP contribution is -2.19. The third-order valence-electron chi connectivity index (χ3n) is 3.27. The van der Waals surface area contributed by atoms with Gasteiger partial charge in [-0.3, -0.25) is 14.3 Å². The summed E-state index contributed by atoms with van der Waals surface area (Å²) in [7, 11) is -2.44. The molecular weight excluding hydrogens is 352 g/mol. The molecule has 0 aliphatic rings. The number of carbonyl (C=O) groups excluding carboxylic acids is 2. The van der Waals surface area contributed by atoms with E-state index in [-0.39, 0.29) is 32.9 Å². The van der Waals surface area contributed by atoms with Gasteiger partial charge in [0.1, 0.15) is 0 Å². The molecule has 2 N–H and O–H groups in total. The average molecular weight is 367 g/mol. The summed E-state index contributed by atoms with van der Waals surface area (Å²) < 4.78 is 27.2. The number of sulfonamides is 1. The number of benzene rings is 2. The van der Waals surface area contributed by atoms with Crippen LogP contribution in [0.5, 0.6) is 0 Å². The number of ketones is 1. The van der Waals surface area contributed by atoms with Gasteiger partial charge in [0.05, 0.1) is 15.6 Å². The Morgan fingerprint density at radius 1 is 1.00 bits per heavy atom. The fourth-order valence-corrected chi connectivity index (χ4v) is 3.25. The minimum Gasteiger partial charge on any atom is -0.355 e. The van der Waals surface area contributed by atoms with Crippen molar-refractivity contribution in [2.24, 2.45) is 0 Å². The summed E-state index contributed by atoms with van der Waals surface area (Å²) in [5.41, 5.74) is 0.772. The molecule has 0 saturated heterocycles. The fourth-order valence-electron chi connectivity index (χ4n) is 1.96. The number of anilines is 1. The van der Waals surface area contributed by atoms with Crippen molar-refractivity contribution in [1.29, 1.82) is 0 Å². The van der Waals surface area contributed by atoms with E-state index in [0.717, 1.165) is 0 Å². The van der Waals surface area contributed by atoms with Crippen LogP contribution in [-0.4, -0.2) is 27.2 Å². The van der Waals surface area contributed by atoms with E-state index in [1.54, 1.807) is 0 Å². The molecule has 2 aromatic carbocycles. The molecule has 0 saturated carbocycles. The van der Waals surface area contributed by atoms with Gasteiger partial charge in [-0.05, 0) is 37.3 Å². The van der Waals surface area contributed by atoms with Crippen molar-refractivity contribution in [3.63, 3.8) is 0 Å². The minimum absolute atomic E-state index is 0.0195. The molecule has 0 atom stereocenters. The van der Waals surface area contributed by atoms with Crippen molar-refractivity contribution >= 4 is 39.0 Å². The Morgan fingerprint density at radius 3 is 2.12 bits per heavy atom. The molecule has 2 rings (SSSR count). The molecular formula is C16H15ClN2O4S. The van der Waals surface area contributed by atoms with Gasteiger partial charge in [0, 0.05) is 18.2 Å². The molecule has 0 aromatic heterocycles. The molecule has 0 aliphatic carbocycles. The maximum absolute atomic E-state index is 12.4. The lowest BCUT2D eigenvalue weighted by atomic mass is 10.2. The normalized spacial score (nSPS) is 11.0. The van der Waals surface area contributed by atoms with Crippen LogP contribution in [0.1, 0.15) is 27.6 Å². The summed E-state index contributed by atoms with van der Waals surface area (Å²) in [6.07, 6.45) is 0. The molecule has 0 bridgehead atoms. The van der Waals surface area contributed by atoms with Crippen molar-refractivity contribution in [3.8, 4) is 0 Å². The van der Waals surface area contributed by atoms with E-state index in [1.165, 1.54) is 56.4 Å². The van der Waals surface area contributed by atoms with E-state index >= 15 is 0 Å². The van der Waals surface area contributed by atoms with Gasteiger partial charge < -0.3 is 5.32 Å². The number of hydrogen-bond donors (Lipinski definition) is 2. The van der Waals surface area contributed by atoms with Gasteiger partial charge in [-0.2, -0.15) is 0 Å². The quantitative estimate of drug-likeness (QED) is 0.796. The molecule has 1 amide bonds. The van der Waals surface area contributed by atoms with E-state index in [1.807, 2.05) is 0 Å². The second-order valence-electron chi connectivity index (χ2n) is 4.96. The van der Waals surface area contributed by atoms with E-state index in [0.29, 0.717) is 5.56 Å².